The SMILES string of the molecule is O=C(CC1CCOCC1)NC(CC1CCCc2ccccc21)C(=O)O. The number of carbonyl (C=O) groups excluding carboxylic acids is 1. The van der Waals surface area contributed by atoms with Crippen molar-refractivity contribution < 1.29 is 19.4 Å². The third kappa shape index (κ3) is 4.82. The molecule has 0 saturated carbocycles. The average Bonchev–Trinajstić information content (AvgIpc) is 2.62. The second kappa shape index (κ2) is 8.48. The summed E-state index contributed by atoms with van der Waals surface area (Å²) in [6.45, 7) is 1.39. The van der Waals surface area contributed by atoms with Crippen LogP contribution in [0.2, 0.25) is 0 Å². The van der Waals surface area contributed by atoms with Crippen LogP contribution < -0.4 is 5.32 Å². The smallest absolute Gasteiger partial charge is 0.326 e. The Balaban J connectivity index is 1.60. The number of fused-ring (bicyclic) bond motifs is 1. The van der Waals surface area contributed by atoms with Crippen molar-refractivity contribution >= 4 is 11.9 Å². The first kappa shape index (κ1) is 17.9. The number of benzene rings is 1. The summed E-state index contributed by atoms with van der Waals surface area (Å²) < 4.78 is 5.31. The van der Waals surface area contributed by atoms with Gasteiger partial charge in [0.1, 0.15) is 6.04 Å². The van der Waals surface area contributed by atoms with Crippen molar-refractivity contribution in [1.29, 1.82) is 0 Å². The maximum absolute atomic E-state index is 12.3. The normalized spacial score (nSPS) is 22.0. The molecule has 1 fully saturated rings. The third-order valence-electron chi connectivity index (χ3n) is 5.46. The van der Waals surface area contributed by atoms with Crippen molar-refractivity contribution in [3.8, 4) is 0 Å². The lowest BCUT2D eigenvalue weighted by Gasteiger charge is -2.28. The third-order valence-corrected chi connectivity index (χ3v) is 5.46. The molecular formula is C20H27NO4. The number of carboxylic acids is 1. The van der Waals surface area contributed by atoms with Crippen LogP contribution in [0.1, 0.15) is 55.6 Å². The van der Waals surface area contributed by atoms with Gasteiger partial charge in [0.25, 0.3) is 0 Å². The number of ether oxygens (including phenoxy) is 1. The molecule has 1 aromatic carbocycles. The van der Waals surface area contributed by atoms with Crippen LogP contribution in [0.5, 0.6) is 0 Å². The molecule has 5 heteroatoms. The molecule has 2 aliphatic rings. The van der Waals surface area contributed by atoms with Gasteiger partial charge in [-0.3, -0.25) is 4.79 Å². The molecular weight excluding hydrogens is 318 g/mol. The number of aryl methyl sites for hydroxylation is 1. The van der Waals surface area contributed by atoms with E-state index in [-0.39, 0.29) is 11.8 Å². The first-order valence-corrected chi connectivity index (χ1v) is 9.31. The second-order valence-corrected chi connectivity index (χ2v) is 7.24. The summed E-state index contributed by atoms with van der Waals surface area (Å²) in [4.78, 5) is 24.0. The summed E-state index contributed by atoms with van der Waals surface area (Å²) in [7, 11) is 0. The van der Waals surface area contributed by atoms with Crippen molar-refractivity contribution in [2.24, 2.45) is 5.92 Å². The number of hydrogen-bond acceptors (Lipinski definition) is 3. The minimum Gasteiger partial charge on any atom is -0.480 e. The Labute approximate surface area is 148 Å². The van der Waals surface area contributed by atoms with E-state index >= 15 is 0 Å². The summed E-state index contributed by atoms with van der Waals surface area (Å²) in [5.74, 6) is -0.584. The molecule has 1 aliphatic carbocycles. The largest absolute Gasteiger partial charge is 0.480 e. The number of hydrogen-bond donors (Lipinski definition) is 2. The summed E-state index contributed by atoms with van der Waals surface area (Å²) in [6, 6.07) is 7.45. The zero-order valence-electron chi connectivity index (χ0n) is 14.6. The van der Waals surface area contributed by atoms with E-state index in [2.05, 4.69) is 17.4 Å². The van der Waals surface area contributed by atoms with E-state index in [4.69, 9.17) is 4.74 Å². The molecule has 5 nitrogen and oxygen atoms in total. The van der Waals surface area contributed by atoms with Crippen molar-refractivity contribution in [2.75, 3.05) is 13.2 Å². The van der Waals surface area contributed by atoms with Gasteiger partial charge in [-0.05, 0) is 61.5 Å². The molecule has 3 rings (SSSR count). The van der Waals surface area contributed by atoms with Gasteiger partial charge < -0.3 is 15.2 Å². The quantitative estimate of drug-likeness (QED) is 0.831. The zero-order chi connectivity index (χ0) is 17.6. The number of nitrogens with one attached hydrogen (secondary N) is 1. The maximum atomic E-state index is 12.3. The van der Waals surface area contributed by atoms with E-state index in [1.807, 2.05) is 12.1 Å². The lowest BCUT2D eigenvalue weighted by molar-refractivity contribution is -0.142. The Kier molecular flexibility index (Phi) is 6.08. The Morgan fingerprint density at radius 1 is 1.20 bits per heavy atom. The molecule has 1 aromatic rings. The highest BCUT2D eigenvalue weighted by Crippen LogP contribution is 2.34. The van der Waals surface area contributed by atoms with E-state index in [0.29, 0.717) is 32.0 Å². The number of carbonyl (C=O) groups is 2. The predicted molar refractivity (Wildman–Crippen MR) is 94.5 cm³/mol. The lowest BCUT2D eigenvalue weighted by atomic mass is 9.79. The zero-order valence-corrected chi connectivity index (χ0v) is 14.6. The highest BCUT2D eigenvalue weighted by atomic mass is 16.5. The van der Waals surface area contributed by atoms with Gasteiger partial charge in [0.05, 0.1) is 0 Å². The van der Waals surface area contributed by atoms with Gasteiger partial charge in [-0.25, -0.2) is 4.79 Å². The molecule has 136 valence electrons. The van der Waals surface area contributed by atoms with Gasteiger partial charge >= 0.3 is 5.97 Å². The fourth-order valence-corrected chi connectivity index (χ4v) is 4.07. The molecule has 0 aromatic heterocycles. The number of amides is 1. The van der Waals surface area contributed by atoms with Crippen molar-refractivity contribution in [3.05, 3.63) is 35.4 Å². The van der Waals surface area contributed by atoms with Gasteiger partial charge in [-0.15, -0.1) is 0 Å². The van der Waals surface area contributed by atoms with Crippen molar-refractivity contribution in [3.63, 3.8) is 0 Å². The van der Waals surface area contributed by atoms with Crippen LogP contribution >= 0.6 is 0 Å². The van der Waals surface area contributed by atoms with E-state index in [1.165, 1.54) is 11.1 Å². The minimum absolute atomic E-state index is 0.150. The number of rotatable bonds is 6. The van der Waals surface area contributed by atoms with Crippen molar-refractivity contribution in [1.82, 2.24) is 5.32 Å². The minimum atomic E-state index is -0.941. The summed E-state index contributed by atoms with van der Waals surface area (Å²) >= 11 is 0. The highest BCUT2D eigenvalue weighted by Gasteiger charge is 2.28. The monoisotopic (exact) mass is 345 g/mol. The van der Waals surface area contributed by atoms with Gasteiger partial charge in [0, 0.05) is 19.6 Å². The summed E-state index contributed by atoms with van der Waals surface area (Å²) in [5, 5.41) is 12.3. The molecule has 0 spiro atoms. The average molecular weight is 345 g/mol. The number of carboxylic acid groups (broad SMARTS) is 1. The Bertz CT molecular complexity index is 609. The first-order valence-electron chi connectivity index (χ1n) is 9.31. The molecule has 0 radical (unpaired) electrons. The van der Waals surface area contributed by atoms with Crippen LogP contribution in [0.3, 0.4) is 0 Å². The van der Waals surface area contributed by atoms with Gasteiger partial charge in [-0.1, -0.05) is 24.3 Å². The van der Waals surface area contributed by atoms with E-state index in [0.717, 1.165) is 32.1 Å². The van der Waals surface area contributed by atoms with E-state index < -0.39 is 12.0 Å². The molecule has 1 amide bonds. The Hall–Kier alpha value is -1.88. The molecule has 25 heavy (non-hydrogen) atoms. The fraction of sp³-hybridized carbons (Fsp3) is 0.600. The topological polar surface area (TPSA) is 75.6 Å². The fourth-order valence-electron chi connectivity index (χ4n) is 4.07. The van der Waals surface area contributed by atoms with Crippen LogP contribution in [-0.2, 0) is 20.7 Å². The van der Waals surface area contributed by atoms with Crippen LogP contribution in [0.25, 0.3) is 0 Å². The summed E-state index contributed by atoms with van der Waals surface area (Å²) in [5.41, 5.74) is 2.56. The lowest BCUT2D eigenvalue weighted by Crippen LogP contribution is -2.42. The van der Waals surface area contributed by atoms with Gasteiger partial charge in [0.15, 0.2) is 0 Å². The van der Waals surface area contributed by atoms with E-state index in [9.17, 15) is 14.7 Å². The molecule has 2 atom stereocenters. The standard InChI is InChI=1S/C20H27NO4/c22-19(12-14-8-10-25-11-9-14)21-18(20(23)24)13-16-6-3-5-15-4-1-2-7-17(15)16/h1-2,4,7,14,16,18H,3,5-6,8-13H2,(H,21,22)(H,23,24). The van der Waals surface area contributed by atoms with Gasteiger partial charge in [0.2, 0.25) is 5.91 Å². The van der Waals surface area contributed by atoms with Crippen LogP contribution in [0.15, 0.2) is 24.3 Å². The van der Waals surface area contributed by atoms with Crippen LogP contribution in [-0.4, -0.2) is 36.2 Å². The maximum Gasteiger partial charge on any atom is 0.326 e. The molecule has 2 unspecified atom stereocenters. The molecule has 1 heterocycles. The Morgan fingerprint density at radius 2 is 1.96 bits per heavy atom. The van der Waals surface area contributed by atoms with Crippen LogP contribution in [0, 0.1) is 5.92 Å². The molecule has 1 saturated heterocycles. The first-order chi connectivity index (χ1) is 12.1. The second-order valence-electron chi connectivity index (χ2n) is 7.24. The highest BCUT2D eigenvalue weighted by molar-refractivity contribution is 5.83. The van der Waals surface area contributed by atoms with Gasteiger partial charge in [-0.2, -0.15) is 0 Å². The molecule has 1 aliphatic heterocycles. The molecule has 0 bridgehead atoms. The molecule has 2 N–H and O–H groups in total. The van der Waals surface area contributed by atoms with Crippen LogP contribution in [0.4, 0.5) is 0 Å². The number of aliphatic carboxylic acids is 1. The Morgan fingerprint density at radius 3 is 2.72 bits per heavy atom. The van der Waals surface area contributed by atoms with Crippen molar-refractivity contribution in [2.45, 2.75) is 56.9 Å². The summed E-state index contributed by atoms with van der Waals surface area (Å²) in [6.07, 6.45) is 5.73. The van der Waals surface area contributed by atoms with E-state index in [1.54, 1.807) is 0 Å². The predicted octanol–water partition coefficient (Wildman–Crippen LogP) is 2.88.